The van der Waals surface area contributed by atoms with E-state index in [1.54, 1.807) is 6.07 Å². The summed E-state index contributed by atoms with van der Waals surface area (Å²) in [6, 6.07) is 8.35. The maximum absolute atomic E-state index is 13.3. The van der Waals surface area contributed by atoms with Crippen LogP contribution < -0.4 is 10.6 Å². The van der Waals surface area contributed by atoms with Crippen LogP contribution in [-0.4, -0.2) is 32.2 Å². The summed E-state index contributed by atoms with van der Waals surface area (Å²) >= 11 is 5.72. The van der Waals surface area contributed by atoms with Gasteiger partial charge >= 0.3 is 12.2 Å². The van der Waals surface area contributed by atoms with Gasteiger partial charge in [-0.1, -0.05) is 24.4 Å². The van der Waals surface area contributed by atoms with Gasteiger partial charge in [0.25, 0.3) is 0 Å². The number of carbonyl (C=O) groups is 1. The summed E-state index contributed by atoms with van der Waals surface area (Å²) in [5.41, 5.74) is 1.26. The number of halogens is 4. The minimum Gasteiger partial charge on any atom is -0.393 e. The van der Waals surface area contributed by atoms with Gasteiger partial charge in [0.1, 0.15) is 11.6 Å². The lowest BCUT2D eigenvalue weighted by Gasteiger charge is -2.17. The Morgan fingerprint density at radius 1 is 0.829 bits per heavy atom. The Morgan fingerprint density at radius 2 is 1.51 bits per heavy atom. The van der Waals surface area contributed by atoms with Gasteiger partial charge in [-0.05, 0) is 92.8 Å². The fraction of sp³-hybridized carbons (Fsp3) is 0.467. The molecule has 3 aliphatic rings. The lowest BCUT2D eigenvalue weighted by Crippen LogP contribution is -2.20. The summed E-state index contributed by atoms with van der Waals surface area (Å²) in [5.74, 6) is 2.73. The van der Waals surface area contributed by atoms with Crippen LogP contribution >= 0.6 is 11.6 Å². The van der Waals surface area contributed by atoms with Crippen molar-refractivity contribution >= 4 is 29.0 Å². The molecule has 0 spiro atoms. The quantitative estimate of drug-likeness (QED) is 0.272. The number of aliphatic hydroxyl groups is 1. The van der Waals surface area contributed by atoms with Gasteiger partial charge in [-0.15, -0.1) is 0 Å². The van der Waals surface area contributed by atoms with Crippen molar-refractivity contribution in [1.29, 1.82) is 0 Å². The van der Waals surface area contributed by atoms with Gasteiger partial charge in [0.2, 0.25) is 0 Å². The van der Waals surface area contributed by atoms with E-state index in [9.17, 15) is 23.1 Å². The van der Waals surface area contributed by atoms with Crippen molar-refractivity contribution in [1.82, 2.24) is 15.0 Å². The van der Waals surface area contributed by atoms with Gasteiger partial charge < -0.3 is 15.7 Å². The summed E-state index contributed by atoms with van der Waals surface area (Å²) < 4.78 is 39.9. The number of anilines is 2. The van der Waals surface area contributed by atoms with Crippen molar-refractivity contribution in [3.8, 4) is 11.4 Å². The Kier molecular flexibility index (Phi) is 7.63. The Labute approximate surface area is 241 Å². The highest BCUT2D eigenvalue weighted by molar-refractivity contribution is 6.31. The van der Waals surface area contributed by atoms with Crippen LogP contribution in [0.15, 0.2) is 36.4 Å². The fourth-order valence-electron chi connectivity index (χ4n) is 5.90. The normalized spacial score (nSPS) is 21.3. The van der Waals surface area contributed by atoms with Gasteiger partial charge in [0.05, 0.1) is 16.7 Å². The van der Waals surface area contributed by atoms with Crippen LogP contribution in [0.2, 0.25) is 5.02 Å². The molecular formula is C30H31ClF3N5O2. The molecule has 0 bridgehead atoms. The Morgan fingerprint density at radius 3 is 2.17 bits per heavy atom. The molecule has 3 aliphatic carbocycles. The van der Waals surface area contributed by atoms with E-state index in [0.717, 1.165) is 80.5 Å². The first-order chi connectivity index (χ1) is 19.6. The first kappa shape index (κ1) is 27.9. The van der Waals surface area contributed by atoms with E-state index in [-0.39, 0.29) is 17.7 Å². The minimum absolute atomic E-state index is 0.0265. The first-order valence-corrected chi connectivity index (χ1v) is 14.5. The SMILES string of the molecule is O=C(Nc1cc(-c2nc(C3CC3)nc(C3CCC(O)C3)n2)cc(C2CCCC2)c1)Nc1ccc(Cl)c(C(F)(F)F)c1. The molecule has 2 atom stereocenters. The highest BCUT2D eigenvalue weighted by Gasteiger charge is 2.34. The van der Waals surface area contributed by atoms with Crippen LogP contribution in [0.5, 0.6) is 0 Å². The summed E-state index contributed by atoms with van der Waals surface area (Å²) in [6.07, 6.45) is 3.58. The number of aliphatic hydroxyl groups excluding tert-OH is 1. The highest BCUT2D eigenvalue weighted by atomic mass is 35.5. The number of hydrogen-bond acceptors (Lipinski definition) is 5. The molecule has 3 fully saturated rings. The predicted octanol–water partition coefficient (Wildman–Crippen LogP) is 8.02. The molecule has 3 N–H and O–H groups in total. The van der Waals surface area contributed by atoms with E-state index in [0.29, 0.717) is 35.6 Å². The molecule has 1 aromatic heterocycles. The number of aromatic nitrogens is 3. The van der Waals surface area contributed by atoms with Gasteiger partial charge in [-0.2, -0.15) is 13.2 Å². The van der Waals surface area contributed by atoms with E-state index < -0.39 is 22.8 Å². The Bertz CT molecular complexity index is 1460. The molecule has 2 amide bonds. The molecule has 41 heavy (non-hydrogen) atoms. The maximum Gasteiger partial charge on any atom is 0.417 e. The molecule has 216 valence electrons. The number of carbonyl (C=O) groups excluding carboxylic acids is 1. The predicted molar refractivity (Wildman–Crippen MR) is 150 cm³/mol. The van der Waals surface area contributed by atoms with Gasteiger partial charge in [-0.25, -0.2) is 19.7 Å². The van der Waals surface area contributed by atoms with Gasteiger partial charge in [0, 0.05) is 28.8 Å². The molecule has 6 rings (SSSR count). The highest BCUT2D eigenvalue weighted by Crippen LogP contribution is 2.42. The number of nitrogens with one attached hydrogen (secondary N) is 2. The van der Waals surface area contributed by atoms with Crippen molar-refractivity contribution < 1.29 is 23.1 Å². The van der Waals surface area contributed by atoms with Crippen molar-refractivity contribution in [2.24, 2.45) is 0 Å². The van der Waals surface area contributed by atoms with Crippen LogP contribution in [0.1, 0.15) is 98.3 Å². The summed E-state index contributed by atoms with van der Waals surface area (Å²) in [7, 11) is 0. The number of hydrogen-bond donors (Lipinski definition) is 3. The monoisotopic (exact) mass is 585 g/mol. The third-order valence-electron chi connectivity index (χ3n) is 8.21. The molecule has 7 nitrogen and oxygen atoms in total. The zero-order chi connectivity index (χ0) is 28.7. The maximum atomic E-state index is 13.3. The molecule has 2 aromatic carbocycles. The van der Waals surface area contributed by atoms with E-state index >= 15 is 0 Å². The third kappa shape index (κ3) is 6.48. The van der Waals surface area contributed by atoms with Crippen LogP contribution in [0.4, 0.5) is 29.3 Å². The van der Waals surface area contributed by atoms with Crippen molar-refractivity contribution in [3.05, 3.63) is 64.2 Å². The molecule has 2 unspecified atom stereocenters. The second kappa shape index (κ2) is 11.2. The van der Waals surface area contributed by atoms with Crippen LogP contribution in [0.3, 0.4) is 0 Å². The van der Waals surface area contributed by atoms with Crippen molar-refractivity contribution in [2.45, 2.75) is 87.8 Å². The largest absolute Gasteiger partial charge is 0.417 e. The third-order valence-corrected chi connectivity index (χ3v) is 8.54. The lowest BCUT2D eigenvalue weighted by atomic mass is 9.95. The average molecular weight is 586 g/mol. The molecule has 0 aliphatic heterocycles. The minimum atomic E-state index is -4.64. The zero-order valence-electron chi connectivity index (χ0n) is 22.3. The average Bonchev–Trinajstić information content (AvgIpc) is 3.45. The van der Waals surface area contributed by atoms with Gasteiger partial charge in [0.15, 0.2) is 5.82 Å². The standard InChI is InChI=1S/C30H31ClF3N5O2/c31-25-10-8-21(15-24(25)30(32,33)34)35-29(41)36-22-12-19(16-3-1-2-4-16)11-20(13-22)28-38-26(17-5-6-17)37-27(39-28)18-7-9-23(40)14-18/h8,10-13,15-18,23,40H,1-7,9,14H2,(H2,35,36,41). The molecule has 11 heteroatoms. The second-order valence-corrected chi connectivity index (χ2v) is 11.8. The molecule has 0 radical (unpaired) electrons. The van der Waals surface area contributed by atoms with Crippen LogP contribution in [0, 0.1) is 0 Å². The second-order valence-electron chi connectivity index (χ2n) is 11.4. The zero-order valence-corrected chi connectivity index (χ0v) is 23.1. The summed E-state index contributed by atoms with van der Waals surface area (Å²) in [6.45, 7) is 0. The number of urea groups is 1. The van der Waals surface area contributed by atoms with Crippen LogP contribution in [0.25, 0.3) is 11.4 Å². The van der Waals surface area contributed by atoms with E-state index in [1.165, 1.54) is 6.07 Å². The Balaban J connectivity index is 1.31. The van der Waals surface area contributed by atoms with Crippen LogP contribution in [-0.2, 0) is 6.18 Å². The lowest BCUT2D eigenvalue weighted by molar-refractivity contribution is -0.137. The number of rotatable bonds is 6. The smallest absolute Gasteiger partial charge is 0.393 e. The molecule has 3 aromatic rings. The number of amides is 2. The molecular weight excluding hydrogens is 555 g/mol. The summed E-state index contributed by atoms with van der Waals surface area (Å²) in [5, 5.41) is 15.0. The van der Waals surface area contributed by atoms with E-state index in [2.05, 4.69) is 16.7 Å². The van der Waals surface area contributed by atoms with Crippen molar-refractivity contribution in [3.63, 3.8) is 0 Å². The number of alkyl halides is 3. The first-order valence-electron chi connectivity index (χ1n) is 14.2. The Hall–Kier alpha value is -3.24. The molecule has 0 saturated heterocycles. The molecule has 3 saturated carbocycles. The number of nitrogens with zero attached hydrogens (tertiary/aromatic N) is 3. The summed E-state index contributed by atoms with van der Waals surface area (Å²) in [4.78, 5) is 27.4. The van der Waals surface area contributed by atoms with E-state index in [4.69, 9.17) is 26.6 Å². The topological polar surface area (TPSA) is 100 Å². The number of benzene rings is 2. The molecule has 1 heterocycles. The van der Waals surface area contributed by atoms with Crippen molar-refractivity contribution in [2.75, 3.05) is 10.6 Å². The fourth-order valence-corrected chi connectivity index (χ4v) is 6.12. The van der Waals surface area contributed by atoms with E-state index in [1.807, 2.05) is 6.07 Å². The van der Waals surface area contributed by atoms with Gasteiger partial charge in [-0.3, -0.25) is 0 Å².